The number of nitrogens with zero attached hydrogens (tertiary/aromatic N) is 3. The van der Waals surface area contributed by atoms with Crippen LogP contribution in [-0.2, 0) is 0 Å². The van der Waals surface area contributed by atoms with Crippen LogP contribution in [-0.4, -0.2) is 14.6 Å². The molecule has 4 rings (SSSR count). The van der Waals surface area contributed by atoms with Gasteiger partial charge in [-0.05, 0) is 47.9 Å². The van der Waals surface area contributed by atoms with Gasteiger partial charge in [0.1, 0.15) is 6.33 Å². The van der Waals surface area contributed by atoms with E-state index in [0.29, 0.717) is 0 Å². The summed E-state index contributed by atoms with van der Waals surface area (Å²) in [7, 11) is 0. The van der Waals surface area contributed by atoms with Gasteiger partial charge in [0, 0.05) is 11.1 Å². The minimum Gasteiger partial charge on any atom is -0.399 e. The highest BCUT2D eigenvalue weighted by Crippen LogP contribution is 2.33. The molecule has 2 aromatic carbocycles. The molecule has 0 aliphatic heterocycles. The SMILES string of the molecule is Cc1ccccc1-c1cc2nncn2c2ccc(N)cc12. The fourth-order valence-electron chi connectivity index (χ4n) is 2.81. The number of hydrogen-bond acceptors (Lipinski definition) is 3. The zero-order chi connectivity index (χ0) is 14.4. The van der Waals surface area contributed by atoms with Gasteiger partial charge in [-0.3, -0.25) is 4.40 Å². The number of benzene rings is 2. The third-order valence-corrected chi connectivity index (χ3v) is 3.85. The molecule has 0 saturated heterocycles. The van der Waals surface area contributed by atoms with Crippen LogP contribution in [0.3, 0.4) is 0 Å². The zero-order valence-electron chi connectivity index (χ0n) is 11.6. The van der Waals surface area contributed by atoms with Crippen molar-refractivity contribution >= 4 is 22.2 Å². The molecule has 0 amide bonds. The maximum absolute atomic E-state index is 5.99. The number of aromatic nitrogens is 3. The van der Waals surface area contributed by atoms with Crippen molar-refractivity contribution in [3.05, 3.63) is 60.4 Å². The molecule has 0 saturated carbocycles. The minimum atomic E-state index is 0.754. The lowest BCUT2D eigenvalue weighted by Gasteiger charge is -2.11. The van der Waals surface area contributed by atoms with Gasteiger partial charge in [-0.15, -0.1) is 10.2 Å². The molecule has 2 N–H and O–H groups in total. The molecular weight excluding hydrogens is 260 g/mol. The van der Waals surface area contributed by atoms with Crippen LogP contribution < -0.4 is 5.73 Å². The molecule has 0 aliphatic carbocycles. The van der Waals surface area contributed by atoms with Crippen LogP contribution in [0, 0.1) is 6.92 Å². The quantitative estimate of drug-likeness (QED) is 0.541. The average molecular weight is 274 g/mol. The van der Waals surface area contributed by atoms with Crippen LogP contribution >= 0.6 is 0 Å². The predicted octanol–water partition coefficient (Wildman–Crippen LogP) is 3.44. The Bertz CT molecular complexity index is 969. The zero-order valence-corrected chi connectivity index (χ0v) is 11.6. The summed E-state index contributed by atoms with van der Waals surface area (Å²) in [5.41, 5.74) is 12.2. The van der Waals surface area contributed by atoms with E-state index in [1.807, 2.05) is 28.7 Å². The van der Waals surface area contributed by atoms with Gasteiger partial charge in [0.05, 0.1) is 5.52 Å². The van der Waals surface area contributed by atoms with E-state index in [-0.39, 0.29) is 0 Å². The van der Waals surface area contributed by atoms with Gasteiger partial charge in [-0.2, -0.15) is 0 Å². The second kappa shape index (κ2) is 4.31. The topological polar surface area (TPSA) is 56.2 Å². The molecule has 0 aliphatic rings. The Morgan fingerprint density at radius 1 is 1.00 bits per heavy atom. The van der Waals surface area contributed by atoms with E-state index in [1.165, 1.54) is 11.1 Å². The van der Waals surface area contributed by atoms with Crippen molar-refractivity contribution in [2.75, 3.05) is 5.73 Å². The summed E-state index contributed by atoms with van der Waals surface area (Å²) in [4.78, 5) is 0. The molecule has 102 valence electrons. The fourth-order valence-corrected chi connectivity index (χ4v) is 2.81. The van der Waals surface area contributed by atoms with E-state index in [4.69, 9.17) is 5.73 Å². The number of rotatable bonds is 1. The van der Waals surface area contributed by atoms with Gasteiger partial charge in [0.2, 0.25) is 0 Å². The molecule has 0 fully saturated rings. The average Bonchev–Trinajstić information content (AvgIpc) is 2.95. The maximum atomic E-state index is 5.99. The molecule has 2 aromatic heterocycles. The van der Waals surface area contributed by atoms with Crippen molar-refractivity contribution in [3.8, 4) is 11.1 Å². The highest BCUT2D eigenvalue weighted by Gasteiger charge is 2.11. The highest BCUT2D eigenvalue weighted by molar-refractivity contribution is 5.99. The monoisotopic (exact) mass is 274 g/mol. The first-order chi connectivity index (χ1) is 10.2. The third kappa shape index (κ3) is 1.76. The summed E-state index contributed by atoms with van der Waals surface area (Å²) in [5.74, 6) is 0. The Morgan fingerprint density at radius 3 is 2.71 bits per heavy atom. The number of pyridine rings is 1. The van der Waals surface area contributed by atoms with Crippen molar-refractivity contribution in [2.24, 2.45) is 0 Å². The van der Waals surface area contributed by atoms with Crippen LogP contribution in [0.15, 0.2) is 54.9 Å². The molecule has 4 aromatic rings. The molecule has 4 nitrogen and oxygen atoms in total. The van der Waals surface area contributed by atoms with Gasteiger partial charge in [-0.25, -0.2) is 0 Å². The van der Waals surface area contributed by atoms with Crippen molar-refractivity contribution in [2.45, 2.75) is 6.92 Å². The van der Waals surface area contributed by atoms with Gasteiger partial charge in [-0.1, -0.05) is 24.3 Å². The van der Waals surface area contributed by atoms with Crippen molar-refractivity contribution in [3.63, 3.8) is 0 Å². The highest BCUT2D eigenvalue weighted by atomic mass is 15.2. The van der Waals surface area contributed by atoms with E-state index in [0.717, 1.165) is 27.8 Å². The lowest BCUT2D eigenvalue weighted by Crippen LogP contribution is -1.94. The summed E-state index contributed by atoms with van der Waals surface area (Å²) >= 11 is 0. The molecule has 4 heteroatoms. The van der Waals surface area contributed by atoms with Gasteiger partial charge in [0.25, 0.3) is 0 Å². The Balaban J connectivity index is 2.20. The molecule has 21 heavy (non-hydrogen) atoms. The molecule has 0 radical (unpaired) electrons. The first-order valence-corrected chi connectivity index (χ1v) is 6.82. The summed E-state index contributed by atoms with van der Waals surface area (Å²) < 4.78 is 1.98. The molecule has 0 unspecified atom stereocenters. The molecule has 0 atom stereocenters. The van der Waals surface area contributed by atoms with Crippen LogP contribution in [0.2, 0.25) is 0 Å². The number of hydrogen-bond donors (Lipinski definition) is 1. The lowest BCUT2D eigenvalue weighted by atomic mass is 9.97. The molecule has 0 spiro atoms. The Labute approximate surface area is 121 Å². The van der Waals surface area contributed by atoms with Gasteiger partial charge < -0.3 is 5.73 Å². The Kier molecular flexibility index (Phi) is 2.44. The summed E-state index contributed by atoms with van der Waals surface area (Å²) in [5, 5.41) is 9.31. The lowest BCUT2D eigenvalue weighted by molar-refractivity contribution is 1.11. The first-order valence-electron chi connectivity index (χ1n) is 6.82. The normalized spacial score (nSPS) is 11.3. The van der Waals surface area contributed by atoms with Crippen LogP contribution in [0.5, 0.6) is 0 Å². The summed E-state index contributed by atoms with van der Waals surface area (Å²) in [6, 6.07) is 16.3. The van der Waals surface area contributed by atoms with Gasteiger partial charge in [0.15, 0.2) is 5.65 Å². The Morgan fingerprint density at radius 2 is 1.86 bits per heavy atom. The van der Waals surface area contributed by atoms with Crippen LogP contribution in [0.25, 0.3) is 27.7 Å². The standard InChI is InChI=1S/C17H14N4/c1-11-4-2-3-5-13(11)14-9-17-20-19-10-21(17)16-7-6-12(18)8-15(14)16/h2-10H,18H2,1H3. The molecule has 2 heterocycles. The third-order valence-electron chi connectivity index (χ3n) is 3.85. The van der Waals surface area contributed by atoms with E-state index < -0.39 is 0 Å². The second-order valence-electron chi connectivity index (χ2n) is 5.21. The number of aryl methyl sites for hydroxylation is 1. The number of nitrogen functional groups attached to an aromatic ring is 1. The van der Waals surface area contributed by atoms with E-state index >= 15 is 0 Å². The number of fused-ring (bicyclic) bond motifs is 3. The van der Waals surface area contributed by atoms with Gasteiger partial charge >= 0.3 is 0 Å². The minimum absolute atomic E-state index is 0.754. The van der Waals surface area contributed by atoms with Crippen LogP contribution in [0.1, 0.15) is 5.56 Å². The maximum Gasteiger partial charge on any atom is 0.161 e. The van der Waals surface area contributed by atoms with Crippen LogP contribution in [0.4, 0.5) is 5.69 Å². The number of anilines is 1. The largest absolute Gasteiger partial charge is 0.399 e. The summed E-state index contributed by atoms with van der Waals surface area (Å²) in [6.45, 7) is 2.11. The summed E-state index contributed by atoms with van der Waals surface area (Å²) in [6.07, 6.45) is 1.73. The Hall–Kier alpha value is -2.88. The fraction of sp³-hybridized carbons (Fsp3) is 0.0588. The molecular formula is C17H14N4. The van der Waals surface area contributed by atoms with Crippen molar-refractivity contribution in [1.82, 2.24) is 14.6 Å². The second-order valence-corrected chi connectivity index (χ2v) is 5.21. The van der Waals surface area contributed by atoms with Crippen molar-refractivity contribution in [1.29, 1.82) is 0 Å². The van der Waals surface area contributed by atoms with Crippen molar-refractivity contribution < 1.29 is 0 Å². The van der Waals surface area contributed by atoms with E-state index in [2.05, 4.69) is 41.4 Å². The first kappa shape index (κ1) is 11.9. The predicted molar refractivity (Wildman–Crippen MR) is 85.1 cm³/mol. The molecule has 0 bridgehead atoms. The van der Waals surface area contributed by atoms with E-state index in [1.54, 1.807) is 6.33 Å². The smallest absolute Gasteiger partial charge is 0.161 e. The number of nitrogens with two attached hydrogens (primary N) is 1. The van der Waals surface area contributed by atoms with E-state index in [9.17, 15) is 0 Å².